The zero-order valence-electron chi connectivity index (χ0n) is 17.0. The van der Waals surface area contributed by atoms with Crippen LogP contribution in [0.15, 0.2) is 62.2 Å². The van der Waals surface area contributed by atoms with E-state index in [2.05, 4.69) is 4.98 Å². The first-order valence-electron chi connectivity index (χ1n) is 9.72. The molecule has 3 heterocycles. The van der Waals surface area contributed by atoms with Crippen molar-refractivity contribution in [1.29, 1.82) is 0 Å². The standard InChI is InChI=1S/C23H15F2N3O5/c1-31-22(30)17-16(12-7-3-5-9-14(12)25)18-20(33-23(26)27-18)28-15(21(29)32-19(17)28)10-11-6-2-4-8-13(11)24/h2-10,16H,1H3,(H2,26,27)/b15-10+/t16-/m0/s1. The van der Waals surface area contributed by atoms with E-state index in [0.29, 0.717) is 0 Å². The predicted octanol–water partition coefficient (Wildman–Crippen LogP) is 1.58. The number of hydrogen-bond donors (Lipinski definition) is 1. The zero-order chi connectivity index (χ0) is 23.3. The number of anilines is 1. The van der Waals surface area contributed by atoms with Crippen molar-refractivity contribution in [3.63, 3.8) is 0 Å². The van der Waals surface area contributed by atoms with Crippen LogP contribution in [0.2, 0.25) is 0 Å². The van der Waals surface area contributed by atoms with Gasteiger partial charge in [0, 0.05) is 11.1 Å². The van der Waals surface area contributed by atoms with Crippen LogP contribution in [0.1, 0.15) is 22.7 Å². The van der Waals surface area contributed by atoms with Gasteiger partial charge in [-0.3, -0.25) is 0 Å². The van der Waals surface area contributed by atoms with E-state index < -0.39 is 29.1 Å². The van der Waals surface area contributed by atoms with E-state index >= 15 is 0 Å². The molecule has 166 valence electrons. The second-order valence-corrected chi connectivity index (χ2v) is 7.18. The van der Waals surface area contributed by atoms with Gasteiger partial charge in [0.05, 0.1) is 13.0 Å². The molecule has 1 aliphatic heterocycles. The van der Waals surface area contributed by atoms with Gasteiger partial charge in [0.1, 0.15) is 28.3 Å². The average Bonchev–Trinajstić information content (AvgIpc) is 3.33. The molecular weight excluding hydrogens is 436 g/mol. The summed E-state index contributed by atoms with van der Waals surface area (Å²) in [5, 5.41) is -0.152. The van der Waals surface area contributed by atoms with Crippen LogP contribution in [-0.2, 0) is 9.53 Å². The van der Waals surface area contributed by atoms with Gasteiger partial charge >= 0.3 is 11.6 Å². The van der Waals surface area contributed by atoms with Crippen LogP contribution in [0, 0.1) is 11.6 Å². The first-order valence-corrected chi connectivity index (χ1v) is 9.72. The lowest BCUT2D eigenvalue weighted by atomic mass is 9.86. The average molecular weight is 451 g/mol. The van der Waals surface area contributed by atoms with Crippen LogP contribution in [-0.4, -0.2) is 22.6 Å². The molecule has 0 radical (unpaired) electrons. The molecule has 0 bridgehead atoms. The van der Waals surface area contributed by atoms with E-state index in [1.807, 2.05) is 0 Å². The third kappa shape index (κ3) is 3.15. The lowest BCUT2D eigenvalue weighted by molar-refractivity contribution is -0.134. The Morgan fingerprint density at radius 1 is 1.12 bits per heavy atom. The highest BCUT2D eigenvalue weighted by molar-refractivity contribution is 6.12. The van der Waals surface area contributed by atoms with E-state index in [-0.39, 0.29) is 45.2 Å². The van der Waals surface area contributed by atoms with E-state index in [1.54, 1.807) is 12.1 Å². The molecule has 33 heavy (non-hydrogen) atoms. The number of carbonyl (C=O) groups excluding carboxylic acids is 1. The maximum Gasteiger partial charge on any atom is 0.362 e. The fourth-order valence-electron chi connectivity index (χ4n) is 3.90. The number of benzene rings is 2. The summed E-state index contributed by atoms with van der Waals surface area (Å²) in [4.78, 5) is 29.8. The Morgan fingerprint density at radius 2 is 1.82 bits per heavy atom. The van der Waals surface area contributed by atoms with Crippen molar-refractivity contribution < 1.29 is 27.1 Å². The Morgan fingerprint density at radius 3 is 2.52 bits per heavy atom. The fourth-order valence-corrected chi connectivity index (χ4v) is 3.90. The lowest BCUT2D eigenvalue weighted by Crippen LogP contribution is -2.37. The molecule has 0 spiro atoms. The molecule has 0 saturated carbocycles. The van der Waals surface area contributed by atoms with Gasteiger partial charge < -0.3 is 19.3 Å². The van der Waals surface area contributed by atoms with Crippen molar-refractivity contribution in [2.24, 2.45) is 0 Å². The van der Waals surface area contributed by atoms with Crippen molar-refractivity contribution in [1.82, 2.24) is 9.55 Å². The summed E-state index contributed by atoms with van der Waals surface area (Å²) in [5.41, 5.74) is 4.70. The number of halogens is 2. The number of nitrogens with zero attached hydrogens (tertiary/aromatic N) is 2. The maximum absolute atomic E-state index is 14.8. The Labute approximate surface area is 183 Å². The van der Waals surface area contributed by atoms with Gasteiger partial charge in [0.25, 0.3) is 6.01 Å². The van der Waals surface area contributed by atoms with Crippen molar-refractivity contribution in [2.45, 2.75) is 5.92 Å². The van der Waals surface area contributed by atoms with Gasteiger partial charge in [0.15, 0.2) is 0 Å². The first kappa shape index (κ1) is 20.4. The number of fused-ring (bicyclic) bond motifs is 3. The molecule has 0 amide bonds. The van der Waals surface area contributed by atoms with Crippen LogP contribution in [0.4, 0.5) is 14.8 Å². The van der Waals surface area contributed by atoms with Crippen LogP contribution in [0.3, 0.4) is 0 Å². The molecular formula is C23H15F2N3O5. The molecule has 8 nitrogen and oxygen atoms in total. The van der Waals surface area contributed by atoms with Gasteiger partial charge in [-0.05, 0) is 18.2 Å². The number of hydrogen-bond acceptors (Lipinski definition) is 7. The van der Waals surface area contributed by atoms with E-state index in [9.17, 15) is 18.4 Å². The Kier molecular flexibility index (Phi) is 4.70. The van der Waals surface area contributed by atoms with Crippen LogP contribution < -0.4 is 22.3 Å². The summed E-state index contributed by atoms with van der Waals surface area (Å²) >= 11 is 0. The molecule has 1 aliphatic rings. The number of rotatable bonds is 3. The van der Waals surface area contributed by atoms with Gasteiger partial charge in [-0.2, -0.15) is 4.98 Å². The molecule has 0 saturated heterocycles. The van der Waals surface area contributed by atoms with Crippen LogP contribution >= 0.6 is 0 Å². The SMILES string of the molecule is COC(=O)C1=c2oc(=O)/c(=C\c3ccccc3F)n2-c2oc(N)nc2[C@H]1c1ccccc1F. The van der Waals surface area contributed by atoms with E-state index in [1.165, 1.54) is 42.5 Å². The predicted molar refractivity (Wildman–Crippen MR) is 112 cm³/mol. The number of methoxy groups -OCH3 is 1. The number of ether oxygens (including phenoxy) is 1. The largest absolute Gasteiger partial charge is 0.465 e. The smallest absolute Gasteiger partial charge is 0.362 e. The third-order valence-electron chi connectivity index (χ3n) is 5.31. The Balaban J connectivity index is 1.95. The molecule has 4 aromatic rings. The molecule has 2 aromatic heterocycles. The molecule has 0 fully saturated rings. The number of nitrogen functional groups attached to an aromatic ring is 1. The second-order valence-electron chi connectivity index (χ2n) is 7.18. The van der Waals surface area contributed by atoms with Crippen LogP contribution in [0.5, 0.6) is 0 Å². The highest BCUT2D eigenvalue weighted by Crippen LogP contribution is 2.39. The molecule has 5 rings (SSSR count). The molecule has 2 N–H and O–H groups in total. The third-order valence-corrected chi connectivity index (χ3v) is 5.31. The highest BCUT2D eigenvalue weighted by atomic mass is 19.1. The summed E-state index contributed by atoms with van der Waals surface area (Å²) in [6, 6.07) is 11.2. The number of esters is 1. The first-order chi connectivity index (χ1) is 15.9. The summed E-state index contributed by atoms with van der Waals surface area (Å²) < 4.78 is 46.1. The lowest BCUT2D eigenvalue weighted by Gasteiger charge is -2.21. The van der Waals surface area contributed by atoms with Crippen molar-refractivity contribution >= 4 is 23.6 Å². The van der Waals surface area contributed by atoms with E-state index in [4.69, 9.17) is 19.3 Å². The fraction of sp³-hybridized carbons (Fsp3) is 0.0870. The number of aromatic nitrogens is 2. The summed E-state index contributed by atoms with van der Waals surface area (Å²) in [7, 11) is 1.14. The Hall–Kier alpha value is -4.47. The molecule has 10 heteroatoms. The van der Waals surface area contributed by atoms with E-state index in [0.717, 1.165) is 11.7 Å². The maximum atomic E-state index is 14.8. The minimum Gasteiger partial charge on any atom is -0.465 e. The molecule has 2 aromatic carbocycles. The minimum absolute atomic E-state index is 0.0585. The van der Waals surface area contributed by atoms with Gasteiger partial charge in [0.2, 0.25) is 11.4 Å². The normalized spacial score (nSPS) is 15.3. The monoisotopic (exact) mass is 451 g/mol. The zero-order valence-corrected chi connectivity index (χ0v) is 17.0. The second kappa shape index (κ2) is 7.59. The Bertz CT molecular complexity index is 1600. The summed E-state index contributed by atoms with van der Waals surface area (Å²) in [6.07, 6.45) is 1.24. The topological polar surface area (TPSA) is 113 Å². The van der Waals surface area contributed by atoms with Gasteiger partial charge in [-0.1, -0.05) is 36.4 Å². The van der Waals surface area contributed by atoms with Gasteiger partial charge in [-0.15, -0.1) is 0 Å². The molecule has 0 aliphatic carbocycles. The minimum atomic E-state index is -1.14. The number of oxazole rings is 2. The summed E-state index contributed by atoms with van der Waals surface area (Å²) in [5.74, 6) is -3.28. The quantitative estimate of drug-likeness (QED) is 0.471. The van der Waals surface area contributed by atoms with Crippen molar-refractivity contribution in [3.8, 4) is 5.88 Å². The highest BCUT2D eigenvalue weighted by Gasteiger charge is 2.40. The number of carbonyl (C=O) groups is 1. The van der Waals surface area contributed by atoms with Crippen molar-refractivity contribution in [2.75, 3.05) is 12.8 Å². The van der Waals surface area contributed by atoms with Gasteiger partial charge in [-0.25, -0.2) is 22.9 Å². The summed E-state index contributed by atoms with van der Waals surface area (Å²) in [6.45, 7) is 0. The number of nitrogens with two attached hydrogens (primary N) is 1. The molecule has 1 atom stereocenters. The molecule has 0 unspecified atom stereocenters. The van der Waals surface area contributed by atoms with Crippen LogP contribution in [0.25, 0.3) is 17.5 Å². The van der Waals surface area contributed by atoms with Crippen molar-refractivity contribution in [3.05, 3.63) is 98.3 Å².